The fourth-order valence-corrected chi connectivity index (χ4v) is 4.87. The maximum atomic E-state index is 13.7. The van der Waals surface area contributed by atoms with Gasteiger partial charge in [-0.1, -0.05) is 56.1 Å². The smallest absolute Gasteiger partial charge is 0.382 e. The molecule has 1 aromatic carbocycles. The number of hydrogen-bond donors (Lipinski definition) is 2. The molecule has 1 saturated heterocycles. The summed E-state index contributed by atoms with van der Waals surface area (Å²) in [6.45, 7) is 13.2. The largest absolute Gasteiger partial charge is 0.417 e. The lowest BCUT2D eigenvalue weighted by atomic mass is 9.76. The predicted molar refractivity (Wildman–Crippen MR) is 138 cm³/mol. The molecule has 0 spiro atoms. The lowest BCUT2D eigenvalue weighted by Crippen LogP contribution is -2.40. The molecule has 0 atom stereocenters. The van der Waals surface area contributed by atoms with Crippen molar-refractivity contribution >= 4 is 23.2 Å². The number of rotatable bonds is 8. The zero-order valence-electron chi connectivity index (χ0n) is 20.2. The Labute approximate surface area is 205 Å². The number of hydrogen-bond acceptors (Lipinski definition) is 4. The summed E-state index contributed by atoms with van der Waals surface area (Å²) in [5, 5.41) is 6.79. The highest BCUT2D eigenvalue weighted by molar-refractivity contribution is 5.82. The molecule has 2 aromatic rings. The van der Waals surface area contributed by atoms with Gasteiger partial charge in [-0.3, -0.25) is 0 Å². The number of alkyl halides is 3. The van der Waals surface area contributed by atoms with Crippen LogP contribution < -0.4 is 10.6 Å². The van der Waals surface area contributed by atoms with Crippen molar-refractivity contribution in [3.05, 3.63) is 78.5 Å². The molecule has 0 amide bonds. The Morgan fingerprint density at radius 2 is 1.74 bits per heavy atom. The van der Waals surface area contributed by atoms with Gasteiger partial charge in [0.2, 0.25) is 0 Å². The van der Waals surface area contributed by atoms with Gasteiger partial charge in [0.25, 0.3) is 0 Å². The topological polar surface area (TPSA) is 40.2 Å². The van der Waals surface area contributed by atoms with Crippen molar-refractivity contribution in [1.29, 1.82) is 0 Å². The third-order valence-electron chi connectivity index (χ3n) is 7.07. The molecule has 4 rings (SSSR count). The van der Waals surface area contributed by atoms with E-state index in [-0.39, 0.29) is 17.8 Å². The minimum Gasteiger partial charge on any atom is -0.382 e. The van der Waals surface area contributed by atoms with E-state index in [9.17, 15) is 13.2 Å². The molecule has 7 heteroatoms. The van der Waals surface area contributed by atoms with E-state index >= 15 is 0 Å². The SMILES string of the molecule is C=Cc1c(C(=C)NC2CCN(C)CC2)cc(NC2CC(c3ccccc3)C2)nc1C(=C)C(F)(F)F. The molecule has 1 aliphatic carbocycles. The van der Waals surface area contributed by atoms with Crippen molar-refractivity contribution in [3.63, 3.8) is 0 Å². The van der Waals surface area contributed by atoms with Gasteiger partial charge in [-0.25, -0.2) is 4.98 Å². The lowest BCUT2D eigenvalue weighted by molar-refractivity contribution is -0.0689. The number of benzene rings is 1. The van der Waals surface area contributed by atoms with Gasteiger partial charge in [-0.05, 0) is 63.4 Å². The molecule has 2 aliphatic rings. The van der Waals surface area contributed by atoms with E-state index in [0.717, 1.165) is 38.8 Å². The summed E-state index contributed by atoms with van der Waals surface area (Å²) in [6.07, 6.45) is 0.496. The van der Waals surface area contributed by atoms with Crippen molar-refractivity contribution in [2.45, 2.75) is 49.9 Å². The highest BCUT2D eigenvalue weighted by atomic mass is 19.4. The molecule has 0 bridgehead atoms. The summed E-state index contributed by atoms with van der Waals surface area (Å²) in [7, 11) is 2.08. The van der Waals surface area contributed by atoms with Crippen LogP contribution in [0.5, 0.6) is 0 Å². The normalized spacial score (nSPS) is 21.1. The van der Waals surface area contributed by atoms with E-state index in [4.69, 9.17) is 0 Å². The third kappa shape index (κ3) is 5.78. The molecule has 186 valence electrons. The number of aromatic nitrogens is 1. The van der Waals surface area contributed by atoms with Crippen molar-refractivity contribution in [1.82, 2.24) is 15.2 Å². The molecule has 35 heavy (non-hydrogen) atoms. The maximum absolute atomic E-state index is 13.7. The van der Waals surface area contributed by atoms with E-state index in [1.54, 1.807) is 6.07 Å². The number of piperidine rings is 1. The maximum Gasteiger partial charge on any atom is 0.417 e. The van der Waals surface area contributed by atoms with Crippen molar-refractivity contribution in [3.8, 4) is 0 Å². The number of allylic oxidation sites excluding steroid dienone is 1. The van der Waals surface area contributed by atoms with Crippen LogP contribution in [0.25, 0.3) is 17.3 Å². The van der Waals surface area contributed by atoms with Crippen LogP contribution in [0.15, 0.2) is 56.1 Å². The second kappa shape index (κ2) is 10.3. The first kappa shape index (κ1) is 25.0. The van der Waals surface area contributed by atoms with Gasteiger partial charge >= 0.3 is 6.18 Å². The van der Waals surface area contributed by atoms with Crippen LogP contribution in [0.1, 0.15) is 54.0 Å². The highest BCUT2D eigenvalue weighted by Crippen LogP contribution is 2.40. The minimum absolute atomic E-state index is 0.136. The molecule has 0 radical (unpaired) electrons. The van der Waals surface area contributed by atoms with Gasteiger partial charge in [-0.15, -0.1) is 0 Å². The molecule has 2 fully saturated rings. The molecular weight excluding hydrogens is 449 g/mol. The Balaban J connectivity index is 1.58. The molecule has 4 nitrogen and oxygen atoms in total. The number of pyridine rings is 1. The quantitative estimate of drug-likeness (QED) is 0.462. The van der Waals surface area contributed by atoms with Gasteiger partial charge in [0.15, 0.2) is 0 Å². The molecule has 1 saturated carbocycles. The van der Waals surface area contributed by atoms with E-state index in [1.165, 1.54) is 11.6 Å². The zero-order valence-corrected chi connectivity index (χ0v) is 20.2. The zero-order chi connectivity index (χ0) is 25.2. The summed E-state index contributed by atoms with van der Waals surface area (Å²) in [6, 6.07) is 12.4. The Morgan fingerprint density at radius 1 is 1.09 bits per heavy atom. The number of nitrogens with zero attached hydrogens (tertiary/aromatic N) is 2. The second-order valence-electron chi connectivity index (χ2n) is 9.62. The second-order valence-corrected chi connectivity index (χ2v) is 9.62. The third-order valence-corrected chi connectivity index (χ3v) is 7.07. The minimum atomic E-state index is -4.60. The van der Waals surface area contributed by atoms with E-state index in [2.05, 4.69) is 59.4 Å². The molecule has 0 unspecified atom stereocenters. The average molecular weight is 483 g/mol. The monoisotopic (exact) mass is 482 g/mol. The fourth-order valence-electron chi connectivity index (χ4n) is 4.87. The first-order chi connectivity index (χ1) is 16.7. The molecule has 2 heterocycles. The van der Waals surface area contributed by atoms with Crippen LogP contribution >= 0.6 is 0 Å². The number of halogens is 3. The number of nitrogens with one attached hydrogen (secondary N) is 2. The van der Waals surface area contributed by atoms with Gasteiger partial charge in [0.05, 0.1) is 11.3 Å². The standard InChI is InChI=1S/C28H33F3N4/c1-5-24-25(19(3)32-22-11-13-35(4)14-12-22)17-26(34-27(24)18(2)28(29,30)31)33-23-15-21(16-23)20-9-7-6-8-10-20/h5-10,17,21-23,32H,1-3,11-16H2,4H3,(H,33,34). The van der Waals surface area contributed by atoms with Gasteiger partial charge in [0.1, 0.15) is 5.82 Å². The van der Waals surface area contributed by atoms with Crippen LogP contribution in [0.4, 0.5) is 19.0 Å². The summed E-state index contributed by atoms with van der Waals surface area (Å²) in [5.74, 6) is 0.833. The Kier molecular flexibility index (Phi) is 7.36. The Bertz CT molecular complexity index is 1080. The van der Waals surface area contributed by atoms with Crippen LogP contribution in [0.3, 0.4) is 0 Å². The molecule has 2 N–H and O–H groups in total. The fraction of sp³-hybridized carbons (Fsp3) is 0.393. The van der Waals surface area contributed by atoms with Gasteiger partial charge in [0, 0.05) is 28.9 Å². The summed E-state index contributed by atoms with van der Waals surface area (Å²) < 4.78 is 41.0. The van der Waals surface area contributed by atoms with Gasteiger partial charge < -0.3 is 15.5 Å². The molecule has 1 aliphatic heterocycles. The lowest BCUT2D eigenvalue weighted by Gasteiger charge is -2.37. The highest BCUT2D eigenvalue weighted by Gasteiger charge is 2.36. The van der Waals surface area contributed by atoms with Crippen molar-refractivity contribution in [2.24, 2.45) is 0 Å². The van der Waals surface area contributed by atoms with Gasteiger partial charge in [-0.2, -0.15) is 13.2 Å². The van der Waals surface area contributed by atoms with E-state index in [1.807, 2.05) is 18.2 Å². The molecular formula is C28H33F3N4. The van der Waals surface area contributed by atoms with Crippen LogP contribution in [0.2, 0.25) is 0 Å². The van der Waals surface area contributed by atoms with Crippen LogP contribution in [-0.2, 0) is 0 Å². The summed E-state index contributed by atoms with van der Waals surface area (Å²) >= 11 is 0. The van der Waals surface area contributed by atoms with Crippen LogP contribution in [0, 0.1) is 0 Å². The average Bonchev–Trinajstić information content (AvgIpc) is 2.81. The van der Waals surface area contributed by atoms with Crippen molar-refractivity contribution < 1.29 is 13.2 Å². The Morgan fingerprint density at radius 3 is 2.34 bits per heavy atom. The first-order valence-corrected chi connectivity index (χ1v) is 12.1. The first-order valence-electron chi connectivity index (χ1n) is 12.1. The van der Waals surface area contributed by atoms with Crippen molar-refractivity contribution in [2.75, 3.05) is 25.5 Å². The predicted octanol–water partition coefficient (Wildman–Crippen LogP) is 6.31. The van der Waals surface area contributed by atoms with Crippen LogP contribution in [-0.4, -0.2) is 48.3 Å². The van der Waals surface area contributed by atoms with E-state index in [0.29, 0.717) is 28.6 Å². The number of anilines is 1. The Hall–Kier alpha value is -3.06. The number of likely N-dealkylation sites (tertiary alicyclic amines) is 1. The summed E-state index contributed by atoms with van der Waals surface area (Å²) in [4.78, 5) is 6.61. The summed E-state index contributed by atoms with van der Waals surface area (Å²) in [5.41, 5.74) is 1.52. The van der Waals surface area contributed by atoms with E-state index < -0.39 is 11.7 Å². The molecule has 1 aromatic heterocycles.